The maximum absolute atomic E-state index is 11.7. The number of carbonyl (C=O) groups is 2. The standard InChI is InChI=1S/C12H14ClNO4/c1-7-4-8(6-9(13)5-7)11(16)14-3-2-10(15)12(17)18/h4-6,10,15H,2-3H2,1H3,(H,14,16)(H,17,18)/t10-/m0/s1. The molecule has 0 aliphatic rings. The van der Waals surface area contributed by atoms with Crippen LogP contribution in [0.2, 0.25) is 5.02 Å². The molecule has 3 N–H and O–H groups in total. The van der Waals surface area contributed by atoms with E-state index in [1.165, 1.54) is 6.07 Å². The number of aliphatic hydroxyl groups is 1. The van der Waals surface area contributed by atoms with E-state index in [0.29, 0.717) is 10.6 Å². The summed E-state index contributed by atoms with van der Waals surface area (Å²) in [5.41, 5.74) is 1.27. The minimum Gasteiger partial charge on any atom is -0.479 e. The number of aliphatic carboxylic acids is 1. The van der Waals surface area contributed by atoms with Gasteiger partial charge in [0.25, 0.3) is 5.91 Å². The molecule has 0 aromatic heterocycles. The molecule has 0 fully saturated rings. The highest BCUT2D eigenvalue weighted by molar-refractivity contribution is 6.31. The number of benzene rings is 1. The molecule has 98 valence electrons. The zero-order chi connectivity index (χ0) is 13.7. The fourth-order valence-corrected chi connectivity index (χ4v) is 1.71. The summed E-state index contributed by atoms with van der Waals surface area (Å²) in [4.78, 5) is 22.1. The maximum atomic E-state index is 11.7. The Kier molecular flexibility index (Phi) is 5.12. The minimum absolute atomic E-state index is 0.0411. The molecule has 1 atom stereocenters. The van der Waals surface area contributed by atoms with Gasteiger partial charge in [0, 0.05) is 23.6 Å². The Morgan fingerprint density at radius 2 is 2.06 bits per heavy atom. The largest absolute Gasteiger partial charge is 0.479 e. The summed E-state index contributed by atoms with van der Waals surface area (Å²) in [5, 5.41) is 20.5. The van der Waals surface area contributed by atoms with Gasteiger partial charge in [-0.1, -0.05) is 11.6 Å². The van der Waals surface area contributed by atoms with Crippen LogP contribution < -0.4 is 5.32 Å². The number of aliphatic hydroxyl groups excluding tert-OH is 1. The van der Waals surface area contributed by atoms with Crippen LogP contribution in [0.5, 0.6) is 0 Å². The van der Waals surface area contributed by atoms with E-state index < -0.39 is 12.1 Å². The zero-order valence-electron chi connectivity index (χ0n) is 9.81. The SMILES string of the molecule is Cc1cc(Cl)cc(C(=O)NCC[C@H](O)C(=O)O)c1. The second-order valence-corrected chi connectivity index (χ2v) is 4.35. The van der Waals surface area contributed by atoms with E-state index in [1.807, 2.05) is 6.92 Å². The summed E-state index contributed by atoms with van der Waals surface area (Å²) in [5.74, 6) is -1.65. The number of carbonyl (C=O) groups excluding carboxylic acids is 1. The van der Waals surface area contributed by atoms with Crippen molar-refractivity contribution in [2.24, 2.45) is 0 Å². The third kappa shape index (κ3) is 4.35. The van der Waals surface area contributed by atoms with E-state index in [2.05, 4.69) is 5.32 Å². The molecule has 0 aliphatic heterocycles. The number of hydrogen-bond donors (Lipinski definition) is 3. The van der Waals surface area contributed by atoms with Gasteiger partial charge in [0.05, 0.1) is 0 Å². The fraction of sp³-hybridized carbons (Fsp3) is 0.333. The number of amides is 1. The van der Waals surface area contributed by atoms with Gasteiger partial charge in [0.2, 0.25) is 0 Å². The number of nitrogens with one attached hydrogen (secondary N) is 1. The van der Waals surface area contributed by atoms with E-state index in [4.69, 9.17) is 21.8 Å². The number of carboxylic acid groups (broad SMARTS) is 1. The lowest BCUT2D eigenvalue weighted by Gasteiger charge is -2.08. The molecule has 6 heteroatoms. The molecule has 1 amide bonds. The van der Waals surface area contributed by atoms with E-state index in [-0.39, 0.29) is 18.9 Å². The van der Waals surface area contributed by atoms with Gasteiger partial charge in [-0.25, -0.2) is 4.79 Å². The number of rotatable bonds is 5. The van der Waals surface area contributed by atoms with E-state index in [9.17, 15) is 9.59 Å². The van der Waals surface area contributed by atoms with E-state index >= 15 is 0 Å². The summed E-state index contributed by atoms with van der Waals surface area (Å²) in [6, 6.07) is 4.93. The third-order valence-corrected chi connectivity index (χ3v) is 2.51. The van der Waals surface area contributed by atoms with Crippen LogP contribution in [-0.4, -0.2) is 34.7 Å². The van der Waals surface area contributed by atoms with Crippen molar-refractivity contribution in [1.82, 2.24) is 5.32 Å². The van der Waals surface area contributed by atoms with Crippen LogP contribution in [0.25, 0.3) is 0 Å². The lowest BCUT2D eigenvalue weighted by atomic mass is 10.1. The summed E-state index contributed by atoms with van der Waals surface area (Å²) in [6.45, 7) is 1.90. The second kappa shape index (κ2) is 6.37. The molecule has 5 nitrogen and oxygen atoms in total. The highest BCUT2D eigenvalue weighted by Gasteiger charge is 2.13. The topological polar surface area (TPSA) is 86.6 Å². The number of aryl methyl sites for hydroxylation is 1. The van der Waals surface area contributed by atoms with Crippen LogP contribution in [0.15, 0.2) is 18.2 Å². The lowest BCUT2D eigenvalue weighted by Crippen LogP contribution is -2.30. The van der Waals surface area contributed by atoms with Gasteiger partial charge in [0.15, 0.2) is 6.10 Å². The molecular formula is C12H14ClNO4. The Balaban J connectivity index is 2.53. The van der Waals surface area contributed by atoms with Gasteiger partial charge < -0.3 is 15.5 Å². The molecule has 0 spiro atoms. The second-order valence-electron chi connectivity index (χ2n) is 3.92. The summed E-state index contributed by atoms with van der Waals surface area (Å²) < 4.78 is 0. The zero-order valence-corrected chi connectivity index (χ0v) is 10.6. The summed E-state index contributed by atoms with van der Waals surface area (Å²) in [7, 11) is 0. The molecule has 0 aliphatic carbocycles. The molecule has 0 radical (unpaired) electrons. The minimum atomic E-state index is -1.47. The van der Waals surface area contributed by atoms with Gasteiger partial charge >= 0.3 is 5.97 Å². The van der Waals surface area contributed by atoms with Gasteiger partial charge in [-0.05, 0) is 30.7 Å². The van der Waals surface area contributed by atoms with Crippen LogP contribution in [0.1, 0.15) is 22.3 Å². The van der Waals surface area contributed by atoms with E-state index in [0.717, 1.165) is 5.56 Å². The average molecular weight is 272 g/mol. The Labute approximate surface area is 109 Å². The molecule has 0 heterocycles. The van der Waals surface area contributed by atoms with Crippen molar-refractivity contribution in [2.75, 3.05) is 6.54 Å². The van der Waals surface area contributed by atoms with Crippen molar-refractivity contribution in [1.29, 1.82) is 0 Å². The molecule has 1 rings (SSSR count). The monoisotopic (exact) mass is 271 g/mol. The van der Waals surface area contributed by atoms with Gasteiger partial charge in [-0.15, -0.1) is 0 Å². The average Bonchev–Trinajstić information content (AvgIpc) is 2.27. The smallest absolute Gasteiger partial charge is 0.332 e. The van der Waals surface area contributed by atoms with Crippen LogP contribution in [0, 0.1) is 6.92 Å². The normalized spacial score (nSPS) is 11.9. The molecule has 0 bridgehead atoms. The van der Waals surface area contributed by atoms with Crippen molar-refractivity contribution in [3.8, 4) is 0 Å². The fourth-order valence-electron chi connectivity index (χ4n) is 1.42. The Morgan fingerprint density at radius 3 is 2.61 bits per heavy atom. The molecule has 1 aromatic rings. The first-order valence-corrected chi connectivity index (χ1v) is 5.74. The van der Waals surface area contributed by atoms with Crippen molar-refractivity contribution in [2.45, 2.75) is 19.4 Å². The first kappa shape index (κ1) is 14.5. The number of hydrogen-bond acceptors (Lipinski definition) is 3. The van der Waals surface area contributed by atoms with Crippen molar-refractivity contribution in [3.05, 3.63) is 34.3 Å². The van der Waals surface area contributed by atoms with Crippen LogP contribution in [-0.2, 0) is 4.79 Å². The highest BCUT2D eigenvalue weighted by Crippen LogP contribution is 2.14. The third-order valence-electron chi connectivity index (χ3n) is 2.29. The summed E-state index contributed by atoms with van der Waals surface area (Å²) >= 11 is 5.82. The van der Waals surface area contributed by atoms with Crippen LogP contribution in [0.3, 0.4) is 0 Å². The predicted octanol–water partition coefficient (Wildman–Crippen LogP) is 1.21. The Bertz CT molecular complexity index is 441. The lowest BCUT2D eigenvalue weighted by molar-refractivity contribution is -0.146. The molecule has 18 heavy (non-hydrogen) atoms. The van der Waals surface area contributed by atoms with Gasteiger partial charge in [-0.3, -0.25) is 4.79 Å². The van der Waals surface area contributed by atoms with Crippen molar-refractivity contribution < 1.29 is 19.8 Å². The molecule has 0 unspecified atom stereocenters. The molecule has 1 aromatic carbocycles. The maximum Gasteiger partial charge on any atom is 0.332 e. The van der Waals surface area contributed by atoms with E-state index in [1.54, 1.807) is 12.1 Å². The van der Waals surface area contributed by atoms with Crippen molar-refractivity contribution in [3.63, 3.8) is 0 Å². The summed E-state index contributed by atoms with van der Waals surface area (Å²) in [6.07, 6.45) is -1.51. The highest BCUT2D eigenvalue weighted by atomic mass is 35.5. The number of carboxylic acids is 1. The van der Waals surface area contributed by atoms with Crippen LogP contribution >= 0.6 is 11.6 Å². The Morgan fingerprint density at radius 1 is 1.39 bits per heavy atom. The van der Waals surface area contributed by atoms with Crippen LogP contribution in [0.4, 0.5) is 0 Å². The van der Waals surface area contributed by atoms with Gasteiger partial charge in [0.1, 0.15) is 0 Å². The first-order chi connectivity index (χ1) is 8.40. The number of halogens is 1. The molecule has 0 saturated heterocycles. The molecular weight excluding hydrogens is 258 g/mol. The first-order valence-electron chi connectivity index (χ1n) is 5.36. The molecule has 0 saturated carbocycles. The predicted molar refractivity (Wildman–Crippen MR) is 66.8 cm³/mol. The quantitative estimate of drug-likeness (QED) is 0.751. The van der Waals surface area contributed by atoms with Crippen molar-refractivity contribution >= 4 is 23.5 Å². The Hall–Kier alpha value is -1.59. The van der Waals surface area contributed by atoms with Gasteiger partial charge in [-0.2, -0.15) is 0 Å².